The van der Waals surface area contributed by atoms with Gasteiger partial charge in [0.05, 0.1) is 11.1 Å². The highest BCUT2D eigenvalue weighted by molar-refractivity contribution is 8.00. The maximum Gasteiger partial charge on any atom is 0.335 e. The van der Waals surface area contributed by atoms with Crippen LogP contribution in [0.5, 0.6) is 0 Å². The monoisotopic (exact) mass is 297 g/mol. The number of rotatable bonds is 5. The molecule has 20 heavy (non-hydrogen) atoms. The first-order valence-electron chi connectivity index (χ1n) is 6.34. The van der Waals surface area contributed by atoms with Gasteiger partial charge in [0, 0.05) is 11.3 Å². The molecule has 6 heteroatoms. The molecular formula is C14H16FNO3S. The second kappa shape index (κ2) is 5.83. The van der Waals surface area contributed by atoms with Crippen LogP contribution in [0.2, 0.25) is 0 Å². The quantitative estimate of drug-likeness (QED) is 0.876. The van der Waals surface area contributed by atoms with Crippen LogP contribution < -0.4 is 5.32 Å². The molecule has 2 rings (SSSR count). The Morgan fingerprint density at radius 3 is 2.60 bits per heavy atom. The zero-order valence-corrected chi connectivity index (χ0v) is 11.9. The van der Waals surface area contributed by atoms with Gasteiger partial charge in [-0.1, -0.05) is 6.42 Å². The maximum absolute atomic E-state index is 13.7. The number of nitrogens with one attached hydrogen (secondary N) is 1. The molecule has 0 radical (unpaired) electrons. The molecule has 0 spiro atoms. The van der Waals surface area contributed by atoms with Crippen LogP contribution >= 0.6 is 11.8 Å². The Morgan fingerprint density at radius 2 is 2.15 bits per heavy atom. The number of aromatic carboxylic acids is 1. The lowest BCUT2D eigenvalue weighted by molar-refractivity contribution is 0.0695. The molecule has 1 aliphatic rings. The van der Waals surface area contributed by atoms with E-state index in [4.69, 9.17) is 5.11 Å². The number of hydrogen-bond acceptors (Lipinski definition) is 3. The topological polar surface area (TPSA) is 66.4 Å². The first-order chi connectivity index (χ1) is 9.47. The second-order valence-corrected chi connectivity index (χ2v) is 6.20. The summed E-state index contributed by atoms with van der Waals surface area (Å²) in [6.45, 7) is 0.507. The predicted octanol–water partition coefficient (Wildman–Crippen LogP) is 2.54. The van der Waals surface area contributed by atoms with E-state index in [1.54, 1.807) is 11.8 Å². The van der Waals surface area contributed by atoms with Gasteiger partial charge in [-0.15, -0.1) is 0 Å². The van der Waals surface area contributed by atoms with Gasteiger partial charge >= 0.3 is 5.97 Å². The predicted molar refractivity (Wildman–Crippen MR) is 75.8 cm³/mol. The van der Waals surface area contributed by atoms with Crippen LogP contribution in [0.25, 0.3) is 0 Å². The number of halogens is 1. The van der Waals surface area contributed by atoms with Crippen molar-refractivity contribution in [3.63, 3.8) is 0 Å². The summed E-state index contributed by atoms with van der Waals surface area (Å²) in [6, 6.07) is 3.31. The van der Waals surface area contributed by atoms with Crippen LogP contribution in [-0.2, 0) is 0 Å². The molecule has 0 unspecified atom stereocenters. The number of benzene rings is 1. The lowest BCUT2D eigenvalue weighted by Crippen LogP contribution is -2.45. The van der Waals surface area contributed by atoms with Crippen LogP contribution in [0.4, 0.5) is 4.39 Å². The zero-order chi connectivity index (χ0) is 14.8. The van der Waals surface area contributed by atoms with Crippen molar-refractivity contribution in [2.75, 3.05) is 12.8 Å². The first-order valence-corrected chi connectivity index (χ1v) is 7.56. The minimum absolute atomic E-state index is 0.0765. The fourth-order valence-corrected chi connectivity index (χ4v) is 3.11. The van der Waals surface area contributed by atoms with Crippen molar-refractivity contribution in [1.82, 2.24) is 5.32 Å². The molecule has 1 aromatic carbocycles. The van der Waals surface area contributed by atoms with E-state index < -0.39 is 17.7 Å². The van der Waals surface area contributed by atoms with Crippen molar-refractivity contribution in [2.24, 2.45) is 0 Å². The fourth-order valence-electron chi connectivity index (χ4n) is 2.19. The lowest BCUT2D eigenvalue weighted by atomic mass is 9.84. The largest absolute Gasteiger partial charge is 0.478 e. The average Bonchev–Trinajstić information content (AvgIpc) is 2.37. The molecule has 4 nitrogen and oxygen atoms in total. The third-order valence-electron chi connectivity index (χ3n) is 3.73. The molecule has 1 amide bonds. The minimum Gasteiger partial charge on any atom is -0.478 e. The van der Waals surface area contributed by atoms with Gasteiger partial charge in [0.25, 0.3) is 5.91 Å². The van der Waals surface area contributed by atoms with E-state index >= 15 is 0 Å². The Morgan fingerprint density at radius 1 is 1.45 bits per heavy atom. The molecule has 108 valence electrons. The number of thioether (sulfide) groups is 1. The van der Waals surface area contributed by atoms with Crippen LogP contribution in [0, 0.1) is 5.82 Å². The van der Waals surface area contributed by atoms with E-state index in [0.29, 0.717) is 6.54 Å². The Hall–Kier alpha value is -1.56. The smallest absolute Gasteiger partial charge is 0.335 e. The number of carboxylic acid groups (broad SMARTS) is 1. The van der Waals surface area contributed by atoms with Gasteiger partial charge in [-0.25, -0.2) is 9.18 Å². The Kier molecular flexibility index (Phi) is 4.32. The summed E-state index contributed by atoms with van der Waals surface area (Å²) in [5.74, 6) is -2.53. The summed E-state index contributed by atoms with van der Waals surface area (Å²) in [6.07, 6.45) is 5.26. The second-order valence-electron chi connectivity index (χ2n) is 4.92. The molecule has 2 N–H and O–H groups in total. The normalized spacial score (nSPS) is 16.3. The Bertz CT molecular complexity index is 538. The van der Waals surface area contributed by atoms with Crippen LogP contribution in [0.1, 0.15) is 40.0 Å². The van der Waals surface area contributed by atoms with E-state index in [2.05, 4.69) is 5.32 Å². The summed E-state index contributed by atoms with van der Waals surface area (Å²) in [4.78, 5) is 22.6. The summed E-state index contributed by atoms with van der Waals surface area (Å²) >= 11 is 1.72. The number of carbonyl (C=O) groups excluding carboxylic acids is 1. The van der Waals surface area contributed by atoms with Gasteiger partial charge in [-0.05, 0) is 37.3 Å². The lowest BCUT2D eigenvalue weighted by Gasteiger charge is -2.40. The molecule has 0 atom stereocenters. The molecule has 0 aromatic heterocycles. The fraction of sp³-hybridized carbons (Fsp3) is 0.429. The standard InChI is InChI=1S/C14H16FNO3S/c1-20-14(5-2-6-14)8-16-12(17)10-4-3-9(13(18)19)7-11(10)15/h3-4,7H,2,5-6,8H2,1H3,(H,16,17)(H,18,19). The van der Waals surface area contributed by atoms with Crippen molar-refractivity contribution < 1.29 is 19.1 Å². The van der Waals surface area contributed by atoms with Gasteiger partial charge in [-0.3, -0.25) is 4.79 Å². The summed E-state index contributed by atoms with van der Waals surface area (Å²) in [5, 5.41) is 11.5. The van der Waals surface area contributed by atoms with Crippen LogP contribution in [0.15, 0.2) is 18.2 Å². The third kappa shape index (κ3) is 2.95. The zero-order valence-electron chi connectivity index (χ0n) is 11.1. The average molecular weight is 297 g/mol. The van der Waals surface area contributed by atoms with E-state index in [9.17, 15) is 14.0 Å². The van der Waals surface area contributed by atoms with Gasteiger partial charge < -0.3 is 10.4 Å². The highest BCUT2D eigenvalue weighted by atomic mass is 32.2. The van der Waals surface area contributed by atoms with E-state index in [1.807, 2.05) is 6.26 Å². The Labute approximate surface area is 120 Å². The molecule has 0 bridgehead atoms. The van der Waals surface area contributed by atoms with Crippen molar-refractivity contribution in [1.29, 1.82) is 0 Å². The third-order valence-corrected chi connectivity index (χ3v) is 5.15. The van der Waals surface area contributed by atoms with Gasteiger partial charge in [0.1, 0.15) is 5.82 Å². The van der Waals surface area contributed by atoms with Crippen LogP contribution in [0.3, 0.4) is 0 Å². The van der Waals surface area contributed by atoms with E-state index in [-0.39, 0.29) is 15.9 Å². The van der Waals surface area contributed by atoms with Gasteiger partial charge in [0.15, 0.2) is 0 Å². The minimum atomic E-state index is -1.22. The maximum atomic E-state index is 13.7. The molecule has 1 saturated carbocycles. The molecule has 0 saturated heterocycles. The van der Waals surface area contributed by atoms with Crippen molar-refractivity contribution >= 4 is 23.6 Å². The van der Waals surface area contributed by atoms with E-state index in [0.717, 1.165) is 25.3 Å². The SMILES string of the molecule is CSC1(CNC(=O)c2ccc(C(=O)O)cc2F)CCC1. The summed E-state index contributed by atoms with van der Waals surface area (Å²) in [7, 11) is 0. The molecule has 1 fully saturated rings. The number of carbonyl (C=O) groups is 2. The number of hydrogen-bond donors (Lipinski definition) is 2. The number of amides is 1. The number of carboxylic acids is 1. The first kappa shape index (κ1) is 14.8. The molecule has 1 aromatic rings. The van der Waals surface area contributed by atoms with E-state index in [1.165, 1.54) is 12.1 Å². The van der Waals surface area contributed by atoms with Crippen molar-refractivity contribution in [3.8, 4) is 0 Å². The van der Waals surface area contributed by atoms with Crippen LogP contribution in [-0.4, -0.2) is 34.5 Å². The Balaban J connectivity index is 2.04. The molecule has 0 heterocycles. The summed E-state index contributed by atoms with van der Waals surface area (Å²) in [5.41, 5.74) is -0.288. The van der Waals surface area contributed by atoms with Gasteiger partial charge in [0.2, 0.25) is 0 Å². The molecule has 1 aliphatic carbocycles. The highest BCUT2D eigenvalue weighted by Gasteiger charge is 2.36. The summed E-state index contributed by atoms with van der Waals surface area (Å²) < 4.78 is 13.8. The highest BCUT2D eigenvalue weighted by Crippen LogP contribution is 2.42. The van der Waals surface area contributed by atoms with Crippen molar-refractivity contribution in [2.45, 2.75) is 24.0 Å². The molecule has 0 aliphatic heterocycles. The van der Waals surface area contributed by atoms with Gasteiger partial charge in [-0.2, -0.15) is 11.8 Å². The molecular weight excluding hydrogens is 281 g/mol. The van der Waals surface area contributed by atoms with Crippen molar-refractivity contribution in [3.05, 3.63) is 35.1 Å².